The van der Waals surface area contributed by atoms with E-state index in [0.717, 1.165) is 0 Å². The smallest absolute Gasteiger partial charge is 0.326 e. The van der Waals surface area contributed by atoms with Gasteiger partial charge in [-0.05, 0) is 24.6 Å². The molecule has 154 valence electrons. The van der Waals surface area contributed by atoms with Gasteiger partial charge in [0.2, 0.25) is 11.8 Å². The lowest BCUT2D eigenvalue weighted by atomic mass is 10.0. The van der Waals surface area contributed by atoms with Crippen LogP contribution in [0.15, 0.2) is 24.3 Å². The van der Waals surface area contributed by atoms with E-state index in [2.05, 4.69) is 10.6 Å². The Hall–Kier alpha value is -3.18. The molecule has 0 saturated carbocycles. The van der Waals surface area contributed by atoms with Gasteiger partial charge in [-0.15, -0.1) is 0 Å². The number of benzene rings is 1. The number of phenolic OH excluding ortho intramolecular Hbond substituents is 1. The lowest BCUT2D eigenvalue weighted by Gasteiger charge is -2.22. The predicted octanol–water partition coefficient (Wildman–Crippen LogP) is -1.83. The Morgan fingerprint density at radius 1 is 1.00 bits per heavy atom. The molecule has 0 fully saturated rings. The third-order valence-electron chi connectivity index (χ3n) is 3.82. The van der Waals surface area contributed by atoms with Gasteiger partial charge in [-0.1, -0.05) is 12.1 Å². The average Bonchev–Trinajstić information content (AvgIpc) is 2.60. The topological polar surface area (TPSA) is 199 Å². The van der Waals surface area contributed by atoms with Crippen LogP contribution in [0, 0.1) is 0 Å². The minimum absolute atomic E-state index is 0.0154. The summed E-state index contributed by atoms with van der Waals surface area (Å²) >= 11 is 0. The number of rotatable bonds is 10. The molecular formula is C17H23N3O8. The van der Waals surface area contributed by atoms with Crippen molar-refractivity contribution in [2.45, 2.75) is 44.0 Å². The van der Waals surface area contributed by atoms with Gasteiger partial charge in [0.1, 0.15) is 23.9 Å². The summed E-state index contributed by atoms with van der Waals surface area (Å²) in [5.41, 5.74) is 5.95. The van der Waals surface area contributed by atoms with Gasteiger partial charge in [0, 0.05) is 6.42 Å². The van der Waals surface area contributed by atoms with Crippen molar-refractivity contribution in [3.8, 4) is 5.75 Å². The first-order valence-corrected chi connectivity index (χ1v) is 8.28. The van der Waals surface area contributed by atoms with E-state index in [1.54, 1.807) is 0 Å². The number of carbonyl (C=O) groups excluding carboxylic acids is 2. The van der Waals surface area contributed by atoms with E-state index >= 15 is 0 Å². The second-order valence-electron chi connectivity index (χ2n) is 6.20. The molecular weight excluding hydrogens is 374 g/mol. The molecule has 4 atom stereocenters. The van der Waals surface area contributed by atoms with Crippen molar-refractivity contribution in [1.29, 1.82) is 0 Å². The highest BCUT2D eigenvalue weighted by atomic mass is 16.4. The summed E-state index contributed by atoms with van der Waals surface area (Å²) in [6.07, 6.45) is -2.19. The van der Waals surface area contributed by atoms with Crippen LogP contribution in [0.25, 0.3) is 0 Å². The Morgan fingerprint density at radius 2 is 1.54 bits per heavy atom. The minimum Gasteiger partial charge on any atom is -0.508 e. The van der Waals surface area contributed by atoms with Crippen LogP contribution in [0.2, 0.25) is 0 Å². The molecule has 0 saturated heterocycles. The van der Waals surface area contributed by atoms with Gasteiger partial charge in [-0.2, -0.15) is 0 Å². The largest absolute Gasteiger partial charge is 0.508 e. The fraction of sp³-hybridized carbons (Fsp3) is 0.412. The number of phenols is 1. The van der Waals surface area contributed by atoms with Crippen molar-refractivity contribution in [3.05, 3.63) is 29.8 Å². The molecule has 0 aliphatic heterocycles. The van der Waals surface area contributed by atoms with Crippen LogP contribution in [-0.4, -0.2) is 68.4 Å². The predicted molar refractivity (Wildman–Crippen MR) is 95.2 cm³/mol. The van der Waals surface area contributed by atoms with Gasteiger partial charge in [0.05, 0.1) is 12.5 Å². The van der Waals surface area contributed by atoms with E-state index in [0.29, 0.717) is 5.56 Å². The SMILES string of the molecule is C[C@@H](O)C(N)C(=O)N[C@@H](CC(=O)O)C(=O)N[C@H](Cc1ccc(O)cc1)C(=O)O. The van der Waals surface area contributed by atoms with Gasteiger partial charge in [-0.25, -0.2) is 4.79 Å². The summed E-state index contributed by atoms with van der Waals surface area (Å²) in [4.78, 5) is 46.7. The molecule has 0 heterocycles. The number of amides is 2. The zero-order valence-electron chi connectivity index (χ0n) is 15.0. The van der Waals surface area contributed by atoms with Gasteiger partial charge in [0.25, 0.3) is 0 Å². The first-order valence-electron chi connectivity index (χ1n) is 8.28. The van der Waals surface area contributed by atoms with Gasteiger partial charge in [0.15, 0.2) is 0 Å². The molecule has 0 spiro atoms. The van der Waals surface area contributed by atoms with Gasteiger partial charge in [-0.3, -0.25) is 14.4 Å². The Morgan fingerprint density at radius 3 is 2.00 bits per heavy atom. The lowest BCUT2D eigenvalue weighted by molar-refractivity contribution is -0.143. The second kappa shape index (κ2) is 10.2. The van der Waals surface area contributed by atoms with Gasteiger partial charge >= 0.3 is 11.9 Å². The third kappa shape index (κ3) is 7.21. The monoisotopic (exact) mass is 397 g/mol. The summed E-state index contributed by atoms with van der Waals surface area (Å²) in [5, 5.41) is 41.1. The van der Waals surface area contributed by atoms with Crippen LogP contribution in [-0.2, 0) is 25.6 Å². The number of hydrogen-bond donors (Lipinski definition) is 7. The van der Waals surface area contributed by atoms with Crippen LogP contribution >= 0.6 is 0 Å². The number of aliphatic hydroxyl groups excluding tert-OH is 1. The van der Waals surface area contributed by atoms with Crippen LogP contribution in [0.3, 0.4) is 0 Å². The molecule has 1 unspecified atom stereocenters. The standard InChI is InChI=1S/C17H23N3O8/c1-8(21)14(18)16(26)19-11(7-13(23)24)15(25)20-12(17(27)28)6-9-2-4-10(22)5-3-9/h2-5,8,11-12,14,21-22H,6-7,18H2,1H3,(H,19,26)(H,20,25)(H,23,24)(H,27,28)/t8-,11+,12-,14?/m1/s1. The second-order valence-corrected chi connectivity index (χ2v) is 6.20. The van der Waals surface area contributed by atoms with Gasteiger partial charge < -0.3 is 36.8 Å². The molecule has 1 aromatic carbocycles. The highest BCUT2D eigenvalue weighted by Crippen LogP contribution is 2.11. The number of nitrogens with two attached hydrogens (primary N) is 1. The first-order chi connectivity index (χ1) is 13.0. The highest BCUT2D eigenvalue weighted by molar-refractivity contribution is 5.94. The zero-order valence-corrected chi connectivity index (χ0v) is 15.0. The number of carboxylic acid groups (broad SMARTS) is 2. The van der Waals surface area contributed by atoms with Crippen molar-refractivity contribution >= 4 is 23.8 Å². The fourth-order valence-corrected chi connectivity index (χ4v) is 2.21. The molecule has 11 nitrogen and oxygen atoms in total. The van der Waals surface area contributed by atoms with Crippen molar-refractivity contribution < 1.29 is 39.6 Å². The van der Waals surface area contributed by atoms with Crippen LogP contribution in [0.4, 0.5) is 0 Å². The van der Waals surface area contributed by atoms with E-state index in [1.807, 2.05) is 0 Å². The van der Waals surface area contributed by atoms with E-state index in [4.69, 9.17) is 10.8 Å². The Kier molecular flexibility index (Phi) is 8.35. The van der Waals surface area contributed by atoms with Crippen molar-refractivity contribution in [2.75, 3.05) is 0 Å². The summed E-state index contributed by atoms with van der Waals surface area (Å²) in [6, 6.07) is 1.25. The number of nitrogens with one attached hydrogen (secondary N) is 2. The number of aromatic hydroxyl groups is 1. The lowest BCUT2D eigenvalue weighted by Crippen LogP contribution is -2.57. The number of hydrogen-bond acceptors (Lipinski definition) is 7. The molecule has 1 rings (SSSR count). The van der Waals surface area contributed by atoms with Crippen LogP contribution in [0.5, 0.6) is 5.75 Å². The molecule has 0 aromatic heterocycles. The maximum atomic E-state index is 12.4. The van der Waals surface area contributed by atoms with Crippen LogP contribution < -0.4 is 16.4 Å². The minimum atomic E-state index is -1.59. The maximum absolute atomic E-state index is 12.4. The van der Waals surface area contributed by atoms with Crippen molar-refractivity contribution in [2.24, 2.45) is 5.73 Å². The molecule has 28 heavy (non-hydrogen) atoms. The Balaban J connectivity index is 2.89. The van der Waals surface area contributed by atoms with E-state index in [9.17, 15) is 34.5 Å². The van der Waals surface area contributed by atoms with E-state index < -0.39 is 54.4 Å². The third-order valence-corrected chi connectivity index (χ3v) is 3.82. The Labute approximate surface area is 160 Å². The van der Waals surface area contributed by atoms with E-state index in [1.165, 1.54) is 31.2 Å². The number of carbonyl (C=O) groups is 4. The summed E-state index contributed by atoms with van der Waals surface area (Å²) in [7, 11) is 0. The van der Waals surface area contributed by atoms with Crippen molar-refractivity contribution in [3.63, 3.8) is 0 Å². The number of aliphatic hydroxyl groups is 1. The molecule has 0 aliphatic rings. The fourth-order valence-electron chi connectivity index (χ4n) is 2.21. The number of aliphatic carboxylic acids is 2. The maximum Gasteiger partial charge on any atom is 0.326 e. The quantitative estimate of drug-likeness (QED) is 0.237. The zero-order chi connectivity index (χ0) is 21.4. The number of carboxylic acids is 2. The molecule has 0 bridgehead atoms. The molecule has 2 amide bonds. The summed E-state index contributed by atoms with van der Waals surface area (Å²) in [5.74, 6) is -4.78. The van der Waals surface area contributed by atoms with Crippen LogP contribution in [0.1, 0.15) is 18.9 Å². The Bertz CT molecular complexity index is 720. The highest BCUT2D eigenvalue weighted by Gasteiger charge is 2.30. The molecule has 1 aromatic rings. The average molecular weight is 397 g/mol. The van der Waals surface area contributed by atoms with E-state index in [-0.39, 0.29) is 12.2 Å². The molecule has 0 radical (unpaired) electrons. The molecule has 11 heteroatoms. The normalized spacial score (nSPS) is 15.0. The summed E-state index contributed by atoms with van der Waals surface area (Å²) < 4.78 is 0. The summed E-state index contributed by atoms with van der Waals surface area (Å²) in [6.45, 7) is 1.24. The molecule has 0 aliphatic carbocycles. The first kappa shape index (κ1) is 22.9. The van der Waals surface area contributed by atoms with Crippen molar-refractivity contribution in [1.82, 2.24) is 10.6 Å². The molecule has 8 N–H and O–H groups in total.